The molecule has 2 aliphatic carbocycles. The van der Waals surface area contributed by atoms with Crippen LogP contribution in [-0.4, -0.2) is 41.9 Å². The van der Waals surface area contributed by atoms with Gasteiger partial charge in [-0.3, -0.25) is 4.98 Å². The third-order valence-corrected chi connectivity index (χ3v) is 7.77. The first-order valence-corrected chi connectivity index (χ1v) is 14.9. The van der Waals surface area contributed by atoms with Gasteiger partial charge in [0.25, 0.3) is 0 Å². The number of hydrogen-bond acceptors (Lipinski definition) is 3. The number of nitrogens with one attached hydrogen (secondary N) is 1. The van der Waals surface area contributed by atoms with Gasteiger partial charge in [-0.2, -0.15) is 13.2 Å². The minimum atomic E-state index is -4.27. The Hall–Kier alpha value is -2.54. The smallest absolute Gasteiger partial charge is 0.355 e. The molecule has 5 rings (SSSR count). The topological polar surface area (TPSA) is 33.1 Å². The lowest BCUT2D eigenvalue weighted by atomic mass is 9.89. The van der Waals surface area contributed by atoms with Crippen molar-refractivity contribution in [3.05, 3.63) is 53.5 Å². The molecule has 0 unspecified atom stereocenters. The lowest BCUT2D eigenvalue weighted by molar-refractivity contribution is -0.0932. The van der Waals surface area contributed by atoms with Crippen LogP contribution in [-0.2, 0) is 13.5 Å². The quantitative estimate of drug-likeness (QED) is 0.384. The first-order chi connectivity index (χ1) is 18.8. The Balaban J connectivity index is 0.000000530. The molecule has 7 heteroatoms. The van der Waals surface area contributed by atoms with Crippen LogP contribution in [0.25, 0.3) is 16.7 Å². The fourth-order valence-electron chi connectivity index (χ4n) is 5.49. The zero-order chi connectivity index (χ0) is 28.4. The third-order valence-electron chi connectivity index (χ3n) is 7.77. The zero-order valence-electron chi connectivity index (χ0n) is 24.5. The maximum Gasteiger partial charge on any atom is 0.412 e. The molecule has 4 nitrogen and oxygen atoms in total. The Labute approximate surface area is 233 Å². The van der Waals surface area contributed by atoms with Crippen molar-refractivity contribution >= 4 is 11.4 Å². The number of pyridine rings is 1. The van der Waals surface area contributed by atoms with Crippen LogP contribution in [0.3, 0.4) is 0 Å². The van der Waals surface area contributed by atoms with Gasteiger partial charge >= 0.3 is 6.18 Å². The first kappa shape index (κ1) is 31.0. The number of alkyl halides is 3. The summed E-state index contributed by atoms with van der Waals surface area (Å²) in [5, 5.41) is 3.41. The normalized spacial score (nSPS) is 20.7. The number of piperazine rings is 1. The molecule has 0 radical (unpaired) electrons. The van der Waals surface area contributed by atoms with Crippen molar-refractivity contribution in [2.75, 3.05) is 31.1 Å². The van der Waals surface area contributed by atoms with E-state index in [0.717, 1.165) is 73.0 Å². The van der Waals surface area contributed by atoms with Gasteiger partial charge in [-0.05, 0) is 61.3 Å². The highest BCUT2D eigenvalue weighted by molar-refractivity contribution is 5.91. The number of hydrogen-bond donors (Lipinski definition) is 1. The van der Waals surface area contributed by atoms with Gasteiger partial charge in [0.1, 0.15) is 5.82 Å². The molecule has 1 aliphatic heterocycles. The SMILES string of the molecule is CC.CCC1CC1.CCc1c(/C2=C/C/C(C(F)(F)F)=C\CCC2)c(-c2ccncc2)c(N2CCNCC2)n1C. The van der Waals surface area contributed by atoms with Crippen LogP contribution in [0.2, 0.25) is 0 Å². The molecule has 1 saturated carbocycles. The van der Waals surface area contributed by atoms with Crippen LogP contribution < -0.4 is 10.2 Å². The summed E-state index contributed by atoms with van der Waals surface area (Å²) in [5.74, 6) is 2.29. The second-order valence-electron chi connectivity index (χ2n) is 10.3. The summed E-state index contributed by atoms with van der Waals surface area (Å²) in [6.45, 7) is 12.0. The van der Waals surface area contributed by atoms with Crippen LogP contribution in [0.5, 0.6) is 0 Å². The molecular weight excluding hydrogens is 497 g/mol. The Morgan fingerprint density at radius 3 is 2.21 bits per heavy atom. The Kier molecular flexibility index (Phi) is 11.7. The molecule has 3 heterocycles. The summed E-state index contributed by atoms with van der Waals surface area (Å²) in [6, 6.07) is 4.02. The van der Waals surface area contributed by atoms with E-state index in [2.05, 4.69) is 40.7 Å². The van der Waals surface area contributed by atoms with Crippen molar-refractivity contribution in [2.24, 2.45) is 13.0 Å². The molecule has 1 N–H and O–H groups in total. The van der Waals surface area contributed by atoms with E-state index in [9.17, 15) is 13.2 Å². The number of halogens is 3. The molecule has 0 bridgehead atoms. The van der Waals surface area contributed by atoms with Gasteiger partial charge < -0.3 is 14.8 Å². The van der Waals surface area contributed by atoms with Gasteiger partial charge in [-0.1, -0.05) is 59.1 Å². The second-order valence-corrected chi connectivity index (χ2v) is 10.3. The van der Waals surface area contributed by atoms with Gasteiger partial charge in [0.05, 0.1) is 0 Å². The Morgan fingerprint density at radius 2 is 1.67 bits per heavy atom. The number of aromatic nitrogens is 2. The van der Waals surface area contributed by atoms with Crippen LogP contribution in [0.4, 0.5) is 19.0 Å². The minimum Gasteiger partial charge on any atom is -0.355 e. The Morgan fingerprint density at radius 1 is 1.00 bits per heavy atom. The molecule has 2 aromatic rings. The van der Waals surface area contributed by atoms with Crippen LogP contribution in [0, 0.1) is 5.92 Å². The molecule has 3 aliphatic rings. The van der Waals surface area contributed by atoms with E-state index < -0.39 is 11.7 Å². The minimum absolute atomic E-state index is 0.0738. The van der Waals surface area contributed by atoms with Crippen molar-refractivity contribution in [3.63, 3.8) is 0 Å². The van der Waals surface area contributed by atoms with E-state index in [1.54, 1.807) is 12.4 Å². The average molecular weight is 545 g/mol. The van der Waals surface area contributed by atoms with Crippen LogP contribution in [0.1, 0.15) is 83.9 Å². The van der Waals surface area contributed by atoms with Crippen LogP contribution >= 0.6 is 0 Å². The van der Waals surface area contributed by atoms with E-state index in [0.29, 0.717) is 12.8 Å². The largest absolute Gasteiger partial charge is 0.412 e. The zero-order valence-corrected chi connectivity index (χ0v) is 24.5. The van der Waals surface area contributed by atoms with E-state index in [-0.39, 0.29) is 6.42 Å². The molecule has 1 saturated heterocycles. The van der Waals surface area contributed by atoms with E-state index in [1.807, 2.05) is 32.1 Å². The molecule has 2 aromatic heterocycles. The standard InChI is InChI=1S/C25H31F3N4.C5H10.C2H6/c1-3-21-22(18-6-4-5-7-20(9-8-18)25(26,27)28)23(19-10-12-29-13-11-19)24(31(21)2)32-16-14-30-15-17-32;1-2-5-3-4-5;1-2/h7-8,10-13,30H,3-6,9,14-17H2,1-2H3;5H,2-4H2,1H3;1-2H3/b18-8+,20-7+;;. The summed E-state index contributed by atoms with van der Waals surface area (Å²) < 4.78 is 42.7. The van der Waals surface area contributed by atoms with Crippen molar-refractivity contribution in [1.82, 2.24) is 14.9 Å². The highest BCUT2D eigenvalue weighted by Gasteiger charge is 2.33. The molecular formula is C32H47F3N4. The van der Waals surface area contributed by atoms with Gasteiger partial charge in [-0.15, -0.1) is 0 Å². The van der Waals surface area contributed by atoms with E-state index in [4.69, 9.17) is 0 Å². The first-order valence-electron chi connectivity index (χ1n) is 14.9. The van der Waals surface area contributed by atoms with Crippen molar-refractivity contribution in [1.29, 1.82) is 0 Å². The highest BCUT2D eigenvalue weighted by Crippen LogP contribution is 2.44. The maximum atomic E-state index is 13.5. The summed E-state index contributed by atoms with van der Waals surface area (Å²) >= 11 is 0. The summed E-state index contributed by atoms with van der Waals surface area (Å²) in [7, 11) is 2.09. The fraction of sp³-hybridized carbons (Fsp3) is 0.594. The molecule has 2 fully saturated rings. The number of nitrogens with zero attached hydrogens (tertiary/aromatic N) is 3. The Bertz CT molecular complexity index is 1090. The van der Waals surface area contributed by atoms with Crippen LogP contribution in [0.15, 0.2) is 42.3 Å². The van der Waals surface area contributed by atoms with Crippen molar-refractivity contribution < 1.29 is 13.2 Å². The number of anilines is 1. The third kappa shape index (κ3) is 8.00. The average Bonchev–Trinajstić information content (AvgIpc) is 3.73. The summed E-state index contributed by atoms with van der Waals surface area (Å²) in [4.78, 5) is 6.59. The molecule has 0 aromatic carbocycles. The van der Waals surface area contributed by atoms with Gasteiger partial charge in [-0.25, -0.2) is 0 Å². The molecule has 216 valence electrons. The summed E-state index contributed by atoms with van der Waals surface area (Å²) in [5.41, 5.74) is 5.07. The second kappa shape index (κ2) is 14.7. The molecule has 0 amide bonds. The maximum absolute atomic E-state index is 13.5. The lowest BCUT2D eigenvalue weighted by Crippen LogP contribution is -2.44. The number of rotatable bonds is 5. The van der Waals surface area contributed by atoms with Gasteiger partial charge in [0.15, 0.2) is 0 Å². The predicted molar refractivity (Wildman–Crippen MR) is 158 cm³/mol. The van der Waals surface area contributed by atoms with E-state index in [1.165, 1.54) is 31.0 Å². The highest BCUT2D eigenvalue weighted by atomic mass is 19.4. The number of allylic oxidation sites excluding steroid dienone is 4. The summed E-state index contributed by atoms with van der Waals surface area (Å²) in [6.07, 6.45) is 9.61. The van der Waals surface area contributed by atoms with Crippen molar-refractivity contribution in [2.45, 2.75) is 85.2 Å². The predicted octanol–water partition coefficient (Wildman–Crippen LogP) is 8.34. The van der Waals surface area contributed by atoms with Crippen molar-refractivity contribution in [3.8, 4) is 11.1 Å². The fourth-order valence-corrected chi connectivity index (χ4v) is 5.49. The van der Waals surface area contributed by atoms with Gasteiger partial charge in [0.2, 0.25) is 0 Å². The monoisotopic (exact) mass is 544 g/mol. The molecule has 0 atom stereocenters. The van der Waals surface area contributed by atoms with Gasteiger partial charge in [0, 0.05) is 68.0 Å². The van der Waals surface area contributed by atoms with E-state index >= 15 is 0 Å². The molecule has 0 spiro atoms. The molecule has 39 heavy (non-hydrogen) atoms. The lowest BCUT2D eigenvalue weighted by Gasteiger charge is -2.31.